The number of hydrogen-bond acceptors (Lipinski definition) is 5. The average Bonchev–Trinajstić information content (AvgIpc) is 3.36. The standard InChI is InChI=1S/C22H28FN7O/c23-16-7-14(8-16)11-25-17-9-18(26-12-15(17)10-24)20-19(13-27-29-20)28-21(31)30-6-2-1-3-22(30)4-5-22/h9-10,12-14,16,24H,1-8,11H2,(H,25,26)(H,27,29)(H,28,31). The Morgan fingerprint density at radius 2 is 2.13 bits per heavy atom. The summed E-state index contributed by atoms with van der Waals surface area (Å²) in [4.78, 5) is 19.4. The minimum absolute atomic E-state index is 0.0628. The SMILES string of the molecule is N=Cc1cnc(-c2[nH]ncc2NC(=O)N2CCCCC23CC3)cc1NCC1CC(F)C1. The van der Waals surface area contributed by atoms with Gasteiger partial charge in [-0.25, -0.2) is 9.18 Å². The predicted molar refractivity (Wildman–Crippen MR) is 117 cm³/mol. The van der Waals surface area contributed by atoms with E-state index in [-0.39, 0.29) is 11.6 Å². The third-order valence-electron chi connectivity index (χ3n) is 6.91. The zero-order valence-electron chi connectivity index (χ0n) is 17.5. The van der Waals surface area contributed by atoms with Gasteiger partial charge in [-0.3, -0.25) is 10.1 Å². The molecular weight excluding hydrogens is 397 g/mol. The van der Waals surface area contributed by atoms with Gasteiger partial charge in [0, 0.05) is 42.3 Å². The first-order valence-electron chi connectivity index (χ1n) is 11.1. The number of carbonyl (C=O) groups excluding carboxylic acids is 1. The highest BCUT2D eigenvalue weighted by Gasteiger charge is 2.51. The van der Waals surface area contributed by atoms with Crippen LogP contribution in [0.25, 0.3) is 11.4 Å². The van der Waals surface area contributed by atoms with E-state index < -0.39 is 6.17 Å². The van der Waals surface area contributed by atoms with E-state index >= 15 is 0 Å². The number of H-pyrrole nitrogens is 1. The van der Waals surface area contributed by atoms with Crippen LogP contribution < -0.4 is 10.6 Å². The van der Waals surface area contributed by atoms with Crippen molar-refractivity contribution < 1.29 is 9.18 Å². The lowest BCUT2D eigenvalue weighted by Gasteiger charge is -2.36. The summed E-state index contributed by atoms with van der Waals surface area (Å²) >= 11 is 0. The van der Waals surface area contributed by atoms with E-state index in [1.807, 2.05) is 11.0 Å². The lowest BCUT2D eigenvalue weighted by molar-refractivity contribution is 0.140. The maximum absolute atomic E-state index is 13.1. The molecule has 0 radical (unpaired) electrons. The molecule has 2 aromatic rings. The van der Waals surface area contributed by atoms with Gasteiger partial charge in [-0.1, -0.05) is 0 Å². The molecule has 1 aliphatic heterocycles. The number of alkyl halides is 1. The predicted octanol–water partition coefficient (Wildman–Crippen LogP) is 4.18. The van der Waals surface area contributed by atoms with Crippen LogP contribution >= 0.6 is 0 Å². The fourth-order valence-electron chi connectivity index (χ4n) is 4.78. The van der Waals surface area contributed by atoms with Crippen molar-refractivity contribution in [3.05, 3.63) is 24.0 Å². The van der Waals surface area contributed by atoms with Gasteiger partial charge >= 0.3 is 6.03 Å². The van der Waals surface area contributed by atoms with Gasteiger partial charge in [-0.15, -0.1) is 0 Å². The Labute approximate surface area is 180 Å². The quantitative estimate of drug-likeness (QED) is 0.521. The van der Waals surface area contributed by atoms with Crippen LogP contribution in [0.15, 0.2) is 18.5 Å². The summed E-state index contributed by atoms with van der Waals surface area (Å²) in [5, 5.41) is 21.1. The van der Waals surface area contributed by atoms with Gasteiger partial charge in [0.1, 0.15) is 11.9 Å². The van der Waals surface area contributed by atoms with Gasteiger partial charge in [0.25, 0.3) is 0 Å². The number of anilines is 2. The first-order chi connectivity index (χ1) is 15.1. The number of hydrogen-bond donors (Lipinski definition) is 4. The summed E-state index contributed by atoms with van der Waals surface area (Å²) < 4.78 is 13.1. The third kappa shape index (κ3) is 3.88. The molecule has 2 amide bonds. The summed E-state index contributed by atoms with van der Waals surface area (Å²) in [6.45, 7) is 1.45. The van der Waals surface area contributed by atoms with E-state index in [9.17, 15) is 9.18 Å². The molecule has 31 heavy (non-hydrogen) atoms. The topological polar surface area (TPSA) is 110 Å². The van der Waals surface area contributed by atoms with Crippen LogP contribution in [-0.4, -0.2) is 57.1 Å². The van der Waals surface area contributed by atoms with Crippen molar-refractivity contribution in [1.29, 1.82) is 5.41 Å². The van der Waals surface area contributed by atoms with Crippen molar-refractivity contribution in [1.82, 2.24) is 20.1 Å². The van der Waals surface area contributed by atoms with Crippen molar-refractivity contribution in [3.63, 3.8) is 0 Å². The van der Waals surface area contributed by atoms with E-state index in [0.29, 0.717) is 47.9 Å². The highest BCUT2D eigenvalue weighted by atomic mass is 19.1. The van der Waals surface area contributed by atoms with Gasteiger partial charge < -0.3 is 20.9 Å². The van der Waals surface area contributed by atoms with E-state index in [1.54, 1.807) is 12.4 Å². The Bertz CT molecular complexity index is 980. The Morgan fingerprint density at radius 1 is 1.29 bits per heavy atom. The molecule has 1 saturated heterocycles. The fraction of sp³-hybridized carbons (Fsp3) is 0.545. The first kappa shape index (κ1) is 20.0. The van der Waals surface area contributed by atoms with E-state index in [0.717, 1.165) is 37.9 Å². The largest absolute Gasteiger partial charge is 0.384 e. The molecule has 4 N–H and O–H groups in total. The number of likely N-dealkylation sites (tertiary alicyclic amines) is 1. The monoisotopic (exact) mass is 425 g/mol. The number of pyridine rings is 1. The lowest BCUT2D eigenvalue weighted by atomic mass is 9.83. The van der Waals surface area contributed by atoms with Crippen LogP contribution in [0.5, 0.6) is 0 Å². The maximum atomic E-state index is 13.1. The number of piperidine rings is 1. The van der Waals surface area contributed by atoms with Gasteiger partial charge in [0.05, 0.1) is 17.6 Å². The highest BCUT2D eigenvalue weighted by molar-refractivity contribution is 5.94. The van der Waals surface area contributed by atoms with Gasteiger partial charge in [0.2, 0.25) is 0 Å². The number of amides is 2. The molecule has 1 spiro atoms. The van der Waals surface area contributed by atoms with Crippen molar-refractivity contribution in [3.8, 4) is 11.4 Å². The highest BCUT2D eigenvalue weighted by Crippen LogP contribution is 2.48. The van der Waals surface area contributed by atoms with Crippen LogP contribution in [0, 0.1) is 11.3 Å². The Hall–Kier alpha value is -2.97. The smallest absolute Gasteiger partial charge is 0.322 e. The number of aromatic amines is 1. The Morgan fingerprint density at radius 3 is 2.87 bits per heavy atom. The molecule has 2 saturated carbocycles. The Kier molecular flexibility index (Phi) is 5.11. The number of halogens is 1. The number of aromatic nitrogens is 3. The second kappa shape index (κ2) is 7.94. The molecule has 2 aromatic heterocycles. The second-order valence-electron chi connectivity index (χ2n) is 9.04. The summed E-state index contributed by atoms with van der Waals surface area (Å²) in [6, 6.07) is 1.76. The zero-order chi connectivity index (χ0) is 21.4. The van der Waals surface area contributed by atoms with E-state index in [4.69, 9.17) is 5.41 Å². The molecule has 2 aliphatic carbocycles. The summed E-state index contributed by atoms with van der Waals surface area (Å²) in [5.41, 5.74) is 3.33. The molecule has 9 heteroatoms. The molecule has 0 unspecified atom stereocenters. The summed E-state index contributed by atoms with van der Waals surface area (Å²) in [6.07, 6.45) is 10.4. The third-order valence-corrected chi connectivity index (χ3v) is 6.91. The number of urea groups is 1. The van der Waals surface area contributed by atoms with Crippen LogP contribution in [0.4, 0.5) is 20.6 Å². The van der Waals surface area contributed by atoms with Crippen molar-refractivity contribution >= 4 is 23.6 Å². The van der Waals surface area contributed by atoms with Crippen LogP contribution in [-0.2, 0) is 0 Å². The van der Waals surface area contributed by atoms with Crippen LogP contribution in [0.2, 0.25) is 0 Å². The van der Waals surface area contributed by atoms with Crippen LogP contribution in [0.1, 0.15) is 50.5 Å². The molecule has 5 rings (SSSR count). The molecule has 164 valence electrons. The second-order valence-corrected chi connectivity index (χ2v) is 9.04. The number of carbonyl (C=O) groups is 1. The molecule has 3 fully saturated rings. The molecule has 3 aliphatic rings. The van der Waals surface area contributed by atoms with E-state index in [2.05, 4.69) is 25.8 Å². The number of nitrogens with one attached hydrogen (secondary N) is 4. The zero-order valence-corrected chi connectivity index (χ0v) is 17.5. The van der Waals surface area contributed by atoms with Gasteiger partial charge in [0.15, 0.2) is 0 Å². The number of rotatable bonds is 6. The van der Waals surface area contributed by atoms with Gasteiger partial charge in [-0.2, -0.15) is 5.10 Å². The minimum Gasteiger partial charge on any atom is -0.384 e. The number of nitrogens with zero attached hydrogens (tertiary/aromatic N) is 3. The Balaban J connectivity index is 1.33. The van der Waals surface area contributed by atoms with E-state index in [1.165, 1.54) is 12.6 Å². The van der Waals surface area contributed by atoms with Crippen LogP contribution in [0.3, 0.4) is 0 Å². The molecule has 0 atom stereocenters. The van der Waals surface area contributed by atoms with Crippen molar-refractivity contribution in [2.24, 2.45) is 5.92 Å². The fourth-order valence-corrected chi connectivity index (χ4v) is 4.78. The minimum atomic E-state index is -0.687. The van der Waals surface area contributed by atoms with Crippen molar-refractivity contribution in [2.45, 2.75) is 56.7 Å². The summed E-state index contributed by atoms with van der Waals surface area (Å²) in [5.74, 6) is 0.312. The molecule has 3 heterocycles. The molecule has 8 nitrogen and oxygen atoms in total. The maximum Gasteiger partial charge on any atom is 0.322 e. The van der Waals surface area contributed by atoms with Gasteiger partial charge in [-0.05, 0) is 56.9 Å². The average molecular weight is 426 g/mol. The molecule has 0 aromatic carbocycles. The summed E-state index contributed by atoms with van der Waals surface area (Å²) in [7, 11) is 0. The van der Waals surface area contributed by atoms with Crippen molar-refractivity contribution in [2.75, 3.05) is 23.7 Å². The normalized spacial score (nSPS) is 23.8. The molecule has 0 bridgehead atoms. The molecular formula is C22H28FN7O. The lowest BCUT2D eigenvalue weighted by Crippen LogP contribution is -2.47. The first-order valence-corrected chi connectivity index (χ1v) is 11.1.